The van der Waals surface area contributed by atoms with E-state index in [0.717, 1.165) is 26.1 Å². The maximum Gasteiger partial charge on any atom is 0.0486 e. The fraction of sp³-hybridized carbons (Fsp3) is 0.409. The van der Waals surface area contributed by atoms with Gasteiger partial charge in [0.2, 0.25) is 0 Å². The van der Waals surface area contributed by atoms with Crippen molar-refractivity contribution in [3.63, 3.8) is 0 Å². The average molecular weight is 333 g/mol. The van der Waals surface area contributed by atoms with Gasteiger partial charge in [-0.1, -0.05) is 25.5 Å². The second-order valence-corrected chi connectivity index (χ2v) is 8.14. The van der Waals surface area contributed by atoms with E-state index in [0.29, 0.717) is 0 Å². The van der Waals surface area contributed by atoms with Crippen LogP contribution in [0.2, 0.25) is 0 Å². The van der Waals surface area contributed by atoms with Gasteiger partial charge in [-0.05, 0) is 55.8 Å². The molecule has 3 heteroatoms. The van der Waals surface area contributed by atoms with E-state index in [1.54, 1.807) is 5.56 Å². The monoisotopic (exact) mass is 333 g/mol. The highest BCUT2D eigenvalue weighted by atomic mass is 15.1. The number of rotatable bonds is 3. The first-order chi connectivity index (χ1) is 12.0. The van der Waals surface area contributed by atoms with Crippen LogP contribution in [0.1, 0.15) is 36.2 Å². The molecule has 25 heavy (non-hydrogen) atoms. The minimum atomic E-state index is 0.0591. The van der Waals surface area contributed by atoms with Crippen LogP contribution >= 0.6 is 0 Å². The molecule has 1 aromatic carbocycles. The molecule has 3 nitrogen and oxygen atoms in total. The van der Waals surface area contributed by atoms with Gasteiger partial charge in [-0.25, -0.2) is 0 Å². The number of likely N-dealkylation sites (N-methyl/N-ethyl adjacent to an activating group) is 1. The topological polar surface area (TPSA) is 21.1 Å². The highest BCUT2D eigenvalue weighted by Crippen LogP contribution is 2.34. The maximum absolute atomic E-state index is 4.18. The summed E-state index contributed by atoms with van der Waals surface area (Å²) >= 11 is 0. The van der Waals surface area contributed by atoms with E-state index in [2.05, 4.69) is 72.6 Å². The van der Waals surface area contributed by atoms with Crippen molar-refractivity contribution in [2.24, 2.45) is 0 Å². The van der Waals surface area contributed by atoms with Gasteiger partial charge < -0.3 is 9.47 Å². The molecular weight excluding hydrogens is 306 g/mol. The first-order valence-electron chi connectivity index (χ1n) is 9.15. The van der Waals surface area contributed by atoms with Crippen LogP contribution in [0.3, 0.4) is 0 Å². The summed E-state index contributed by atoms with van der Waals surface area (Å²) in [6.07, 6.45) is 4.95. The highest BCUT2D eigenvalue weighted by molar-refractivity contribution is 5.86. The van der Waals surface area contributed by atoms with Crippen molar-refractivity contribution in [1.29, 1.82) is 0 Å². The molecule has 0 saturated heterocycles. The summed E-state index contributed by atoms with van der Waals surface area (Å²) < 4.78 is 2.57. The lowest BCUT2D eigenvalue weighted by Gasteiger charge is -2.30. The smallest absolute Gasteiger partial charge is 0.0486 e. The van der Waals surface area contributed by atoms with Crippen LogP contribution in [0.25, 0.3) is 10.9 Å². The number of aryl methyl sites for hydroxylation is 1. The lowest BCUT2D eigenvalue weighted by molar-refractivity contribution is 0.297. The Hall–Kier alpha value is -2.13. The summed E-state index contributed by atoms with van der Waals surface area (Å²) in [4.78, 5) is 6.62. The lowest BCUT2D eigenvalue weighted by Crippen LogP contribution is -2.30. The van der Waals surface area contributed by atoms with E-state index in [9.17, 15) is 0 Å². The van der Waals surface area contributed by atoms with Gasteiger partial charge in [-0.2, -0.15) is 0 Å². The lowest BCUT2D eigenvalue weighted by atomic mass is 9.85. The van der Waals surface area contributed by atoms with Crippen molar-refractivity contribution in [3.05, 3.63) is 65.1 Å². The molecule has 0 unspecified atom stereocenters. The minimum absolute atomic E-state index is 0.0591. The van der Waals surface area contributed by atoms with E-state index in [1.807, 2.05) is 12.4 Å². The Kier molecular flexibility index (Phi) is 3.92. The van der Waals surface area contributed by atoms with Crippen molar-refractivity contribution in [2.75, 3.05) is 13.6 Å². The average Bonchev–Trinajstić information content (AvgIpc) is 2.88. The summed E-state index contributed by atoms with van der Waals surface area (Å²) in [5.41, 5.74) is 7.19. The SMILES string of the molecule is Cc1ccc2c(c1)c1c(n2CC(C)(C)c2ccncc2)CN(C)CC1. The van der Waals surface area contributed by atoms with E-state index in [1.165, 1.54) is 27.7 Å². The first-order valence-corrected chi connectivity index (χ1v) is 9.15. The van der Waals surface area contributed by atoms with Crippen molar-refractivity contribution in [2.45, 2.75) is 45.7 Å². The number of benzene rings is 1. The van der Waals surface area contributed by atoms with E-state index in [4.69, 9.17) is 0 Å². The number of hydrogen-bond acceptors (Lipinski definition) is 2. The van der Waals surface area contributed by atoms with Gasteiger partial charge >= 0.3 is 0 Å². The molecule has 0 fully saturated rings. The number of pyridine rings is 1. The van der Waals surface area contributed by atoms with Crippen molar-refractivity contribution in [3.8, 4) is 0 Å². The zero-order valence-electron chi connectivity index (χ0n) is 15.7. The number of hydrogen-bond donors (Lipinski definition) is 0. The van der Waals surface area contributed by atoms with Crippen molar-refractivity contribution >= 4 is 10.9 Å². The summed E-state index contributed by atoms with van der Waals surface area (Å²) in [6, 6.07) is 11.2. The molecule has 130 valence electrons. The Morgan fingerprint density at radius 3 is 2.64 bits per heavy atom. The normalized spacial score (nSPS) is 15.5. The summed E-state index contributed by atoms with van der Waals surface area (Å²) in [6.45, 7) is 10.0. The molecule has 1 aliphatic heterocycles. The fourth-order valence-electron chi connectivity index (χ4n) is 4.16. The van der Waals surface area contributed by atoms with Gasteiger partial charge in [0.05, 0.1) is 0 Å². The summed E-state index contributed by atoms with van der Waals surface area (Å²) in [5.74, 6) is 0. The largest absolute Gasteiger partial charge is 0.342 e. The van der Waals surface area contributed by atoms with Gasteiger partial charge in [0.25, 0.3) is 0 Å². The number of nitrogens with zero attached hydrogens (tertiary/aromatic N) is 3. The number of aromatic nitrogens is 2. The molecule has 0 bridgehead atoms. The van der Waals surface area contributed by atoms with Crippen LogP contribution in [0.4, 0.5) is 0 Å². The van der Waals surface area contributed by atoms with Crippen LogP contribution in [-0.2, 0) is 24.9 Å². The van der Waals surface area contributed by atoms with E-state index < -0.39 is 0 Å². The molecule has 0 amide bonds. The molecule has 4 rings (SSSR count). The van der Waals surface area contributed by atoms with Gasteiger partial charge in [0, 0.05) is 54.0 Å². The zero-order chi connectivity index (χ0) is 17.6. The van der Waals surface area contributed by atoms with Crippen molar-refractivity contribution < 1.29 is 0 Å². The molecule has 0 aliphatic carbocycles. The van der Waals surface area contributed by atoms with Crippen LogP contribution in [0.5, 0.6) is 0 Å². The molecule has 0 atom stereocenters. The molecule has 0 radical (unpaired) electrons. The predicted octanol–water partition coefficient (Wildman–Crippen LogP) is 4.31. The Morgan fingerprint density at radius 2 is 1.88 bits per heavy atom. The quantitative estimate of drug-likeness (QED) is 0.712. The molecule has 0 N–H and O–H groups in total. The van der Waals surface area contributed by atoms with E-state index >= 15 is 0 Å². The van der Waals surface area contributed by atoms with Crippen LogP contribution in [0, 0.1) is 6.92 Å². The molecule has 3 aromatic rings. The third-order valence-electron chi connectivity index (χ3n) is 5.62. The van der Waals surface area contributed by atoms with Crippen LogP contribution in [-0.4, -0.2) is 28.0 Å². The first kappa shape index (κ1) is 16.3. The van der Waals surface area contributed by atoms with Crippen molar-refractivity contribution in [1.82, 2.24) is 14.5 Å². The Labute approximate surface area is 150 Å². The molecule has 0 spiro atoms. The molecule has 1 aliphatic rings. The predicted molar refractivity (Wildman–Crippen MR) is 104 cm³/mol. The maximum atomic E-state index is 4.18. The Bertz CT molecular complexity index is 906. The Morgan fingerprint density at radius 1 is 1.12 bits per heavy atom. The van der Waals surface area contributed by atoms with Gasteiger partial charge in [-0.15, -0.1) is 0 Å². The van der Waals surface area contributed by atoms with E-state index in [-0.39, 0.29) is 5.41 Å². The second kappa shape index (κ2) is 5.99. The zero-order valence-corrected chi connectivity index (χ0v) is 15.7. The van der Waals surface area contributed by atoms with Gasteiger partial charge in [0.1, 0.15) is 0 Å². The summed E-state index contributed by atoms with van der Waals surface area (Å²) in [5, 5.41) is 1.45. The standard InChI is InChI=1S/C22H27N3/c1-16-5-6-20-19(13-16)18-9-12-24(4)14-21(18)25(20)15-22(2,3)17-7-10-23-11-8-17/h5-8,10-11,13H,9,12,14-15H2,1-4H3. The highest BCUT2D eigenvalue weighted by Gasteiger charge is 2.27. The third kappa shape index (κ3) is 2.87. The second-order valence-electron chi connectivity index (χ2n) is 8.14. The van der Waals surface area contributed by atoms with Crippen LogP contribution < -0.4 is 0 Å². The summed E-state index contributed by atoms with van der Waals surface area (Å²) in [7, 11) is 2.23. The third-order valence-corrected chi connectivity index (χ3v) is 5.62. The van der Waals surface area contributed by atoms with Crippen LogP contribution in [0.15, 0.2) is 42.7 Å². The molecule has 2 aromatic heterocycles. The molecule has 3 heterocycles. The fourth-order valence-corrected chi connectivity index (χ4v) is 4.16. The molecular formula is C22H27N3. The van der Waals surface area contributed by atoms with Gasteiger partial charge in [0.15, 0.2) is 0 Å². The van der Waals surface area contributed by atoms with Gasteiger partial charge in [-0.3, -0.25) is 4.98 Å². The molecule has 0 saturated carbocycles. The number of fused-ring (bicyclic) bond motifs is 3. The Balaban J connectivity index is 1.85. The minimum Gasteiger partial charge on any atom is -0.342 e.